The molecule has 8 heteroatoms. The largest absolute Gasteiger partial charge is 0.453 e. The molecule has 1 saturated heterocycles. The van der Waals surface area contributed by atoms with E-state index in [4.69, 9.17) is 0 Å². The second-order valence-corrected chi connectivity index (χ2v) is 6.34. The zero-order valence-electron chi connectivity index (χ0n) is 11.1. The van der Waals surface area contributed by atoms with Crippen molar-refractivity contribution in [3.05, 3.63) is 29.8 Å². The molecule has 1 amide bonds. The molecule has 0 aliphatic carbocycles. The first-order valence-electron chi connectivity index (χ1n) is 6.35. The number of likely N-dealkylation sites (tertiary alicyclic amines) is 1. The summed E-state index contributed by atoms with van der Waals surface area (Å²) in [5.74, 6) is 0. The van der Waals surface area contributed by atoms with Crippen LogP contribution >= 0.6 is 11.8 Å². The fraction of sp³-hybridized carbons (Fsp3) is 0.462. The quantitative estimate of drug-likeness (QED) is 0.862. The van der Waals surface area contributed by atoms with E-state index in [2.05, 4.69) is 10.1 Å². The number of hydrogen-bond donors (Lipinski definition) is 1. The molecule has 2 aliphatic heterocycles. The van der Waals surface area contributed by atoms with Gasteiger partial charge in [-0.2, -0.15) is 13.2 Å². The zero-order valence-corrected chi connectivity index (χ0v) is 11.9. The number of amides is 1. The summed E-state index contributed by atoms with van der Waals surface area (Å²) in [5.41, 5.74) is -3.17. The Balaban J connectivity index is 2.04. The number of para-hydroxylation sites is 1. The smallest absolute Gasteiger partial charge is 0.442 e. The van der Waals surface area contributed by atoms with Gasteiger partial charge in [-0.3, -0.25) is 4.90 Å². The maximum Gasteiger partial charge on any atom is 0.442 e. The first-order chi connectivity index (χ1) is 9.87. The number of carbonyl (C=O) groups is 1. The molecule has 0 spiro atoms. The van der Waals surface area contributed by atoms with E-state index >= 15 is 0 Å². The van der Waals surface area contributed by atoms with E-state index in [-0.39, 0.29) is 24.7 Å². The zero-order chi connectivity index (χ0) is 15.3. The number of rotatable bonds is 1. The van der Waals surface area contributed by atoms with Crippen molar-refractivity contribution < 1.29 is 22.7 Å². The summed E-state index contributed by atoms with van der Waals surface area (Å²) in [6.45, 7) is 0.224. The molecule has 0 saturated carbocycles. The fourth-order valence-electron chi connectivity index (χ4n) is 3.09. The Morgan fingerprint density at radius 1 is 1.48 bits per heavy atom. The molecule has 21 heavy (non-hydrogen) atoms. The van der Waals surface area contributed by atoms with Crippen LogP contribution in [0.1, 0.15) is 12.0 Å². The number of nitrogens with one attached hydrogen (secondary N) is 1. The molecule has 0 radical (unpaired) electrons. The van der Waals surface area contributed by atoms with E-state index < -0.39 is 22.5 Å². The third-order valence-electron chi connectivity index (χ3n) is 3.86. The number of carbonyl (C=O) groups excluding carboxylic acids is 1. The average Bonchev–Trinajstić information content (AvgIpc) is 2.90. The third-order valence-corrected chi connectivity index (χ3v) is 5.10. The Bertz CT molecular complexity index is 581. The Kier molecular flexibility index (Phi) is 3.23. The molecule has 1 N–H and O–H groups in total. The minimum Gasteiger partial charge on any atom is -0.453 e. The number of anilines is 1. The maximum absolute atomic E-state index is 13.0. The van der Waals surface area contributed by atoms with Gasteiger partial charge in [0, 0.05) is 12.2 Å². The van der Waals surface area contributed by atoms with Crippen LogP contribution in [0, 0.1) is 0 Å². The second kappa shape index (κ2) is 4.72. The predicted octanol–water partition coefficient (Wildman–Crippen LogP) is 3.36. The number of alkyl halides is 3. The van der Waals surface area contributed by atoms with Gasteiger partial charge in [0.05, 0.1) is 11.9 Å². The Labute approximate surface area is 123 Å². The third kappa shape index (κ3) is 2.21. The molecule has 1 fully saturated rings. The maximum atomic E-state index is 13.0. The highest BCUT2D eigenvalue weighted by atomic mass is 32.2. The van der Waals surface area contributed by atoms with Crippen molar-refractivity contribution in [3.63, 3.8) is 0 Å². The molecule has 2 atom stereocenters. The minimum absolute atomic E-state index is 0.0552. The molecule has 0 aromatic heterocycles. The summed E-state index contributed by atoms with van der Waals surface area (Å²) in [7, 11) is 1.22. The standard InChI is InChI=1S/C13H13F3N2O2S/c1-20-11(19)18-7-6-12(21-13(14,15)16)8-4-2-3-5-9(8)17-10(12)18/h2-5,10,17H,6-7H2,1H3/t10-,12+/m0/s1. The molecule has 4 nitrogen and oxygen atoms in total. The molecule has 2 heterocycles. The number of fused-ring (bicyclic) bond motifs is 3. The molecule has 0 bridgehead atoms. The lowest BCUT2D eigenvalue weighted by molar-refractivity contribution is -0.0346. The first kappa shape index (κ1) is 14.4. The fourth-order valence-corrected chi connectivity index (χ4v) is 4.28. The van der Waals surface area contributed by atoms with Crippen LogP contribution in [0.4, 0.5) is 23.7 Å². The van der Waals surface area contributed by atoms with E-state index in [1.807, 2.05) is 0 Å². The number of benzene rings is 1. The van der Waals surface area contributed by atoms with Gasteiger partial charge in [-0.05, 0) is 29.8 Å². The Morgan fingerprint density at radius 2 is 2.19 bits per heavy atom. The van der Waals surface area contributed by atoms with Gasteiger partial charge in [0.25, 0.3) is 0 Å². The molecular weight excluding hydrogens is 305 g/mol. The number of halogens is 3. The summed E-state index contributed by atoms with van der Waals surface area (Å²) >= 11 is -0.0552. The molecule has 2 aliphatic rings. The minimum atomic E-state index is -4.39. The second-order valence-electron chi connectivity index (χ2n) is 4.94. The van der Waals surface area contributed by atoms with Crippen LogP contribution in [-0.2, 0) is 9.48 Å². The van der Waals surface area contributed by atoms with Gasteiger partial charge < -0.3 is 10.1 Å². The molecule has 1 aromatic carbocycles. The van der Waals surface area contributed by atoms with Crippen LogP contribution in [-0.4, -0.2) is 36.3 Å². The van der Waals surface area contributed by atoms with Gasteiger partial charge in [0.2, 0.25) is 0 Å². The number of hydrogen-bond acceptors (Lipinski definition) is 4. The van der Waals surface area contributed by atoms with Crippen LogP contribution in [0.3, 0.4) is 0 Å². The van der Waals surface area contributed by atoms with Crippen LogP contribution in [0.15, 0.2) is 24.3 Å². The highest BCUT2D eigenvalue weighted by molar-refractivity contribution is 8.01. The summed E-state index contributed by atoms with van der Waals surface area (Å²) in [6.07, 6.45) is -1.15. The van der Waals surface area contributed by atoms with Crippen LogP contribution in [0.2, 0.25) is 0 Å². The number of methoxy groups -OCH3 is 1. The number of nitrogens with zero attached hydrogens (tertiary/aromatic N) is 1. The van der Waals surface area contributed by atoms with Gasteiger partial charge in [-0.15, -0.1) is 0 Å². The predicted molar refractivity (Wildman–Crippen MR) is 72.9 cm³/mol. The van der Waals surface area contributed by atoms with E-state index in [1.165, 1.54) is 12.0 Å². The number of ether oxygens (including phenoxy) is 1. The lowest BCUT2D eigenvalue weighted by Crippen LogP contribution is -2.45. The van der Waals surface area contributed by atoms with E-state index in [1.54, 1.807) is 24.3 Å². The lowest BCUT2D eigenvalue weighted by Gasteiger charge is -2.31. The van der Waals surface area contributed by atoms with Crippen molar-refractivity contribution in [2.24, 2.45) is 0 Å². The topological polar surface area (TPSA) is 41.6 Å². The first-order valence-corrected chi connectivity index (χ1v) is 7.16. The van der Waals surface area contributed by atoms with Crippen molar-refractivity contribution in [2.75, 3.05) is 19.0 Å². The number of thioether (sulfide) groups is 1. The lowest BCUT2D eigenvalue weighted by atomic mass is 9.97. The van der Waals surface area contributed by atoms with E-state index in [0.29, 0.717) is 11.3 Å². The van der Waals surface area contributed by atoms with Gasteiger partial charge in [0.1, 0.15) is 6.17 Å². The molecule has 0 unspecified atom stereocenters. The van der Waals surface area contributed by atoms with Gasteiger partial charge in [-0.1, -0.05) is 18.2 Å². The van der Waals surface area contributed by atoms with Crippen molar-refractivity contribution in [3.8, 4) is 0 Å². The van der Waals surface area contributed by atoms with Gasteiger partial charge >= 0.3 is 11.6 Å². The normalized spacial score (nSPS) is 27.0. The van der Waals surface area contributed by atoms with Gasteiger partial charge in [-0.25, -0.2) is 4.79 Å². The highest BCUT2D eigenvalue weighted by Crippen LogP contribution is 2.59. The Hall–Kier alpha value is -1.57. The molecule has 114 valence electrons. The van der Waals surface area contributed by atoms with Crippen molar-refractivity contribution in [2.45, 2.75) is 22.8 Å². The molecular formula is C13H13F3N2O2S. The summed E-state index contributed by atoms with van der Waals surface area (Å²) in [5, 5.41) is 3.03. The van der Waals surface area contributed by atoms with Crippen molar-refractivity contribution in [1.82, 2.24) is 4.90 Å². The monoisotopic (exact) mass is 318 g/mol. The summed E-state index contributed by atoms with van der Waals surface area (Å²) in [6, 6.07) is 6.87. The van der Waals surface area contributed by atoms with Crippen LogP contribution < -0.4 is 5.32 Å². The Morgan fingerprint density at radius 3 is 2.86 bits per heavy atom. The van der Waals surface area contributed by atoms with E-state index in [0.717, 1.165) is 0 Å². The van der Waals surface area contributed by atoms with Crippen LogP contribution in [0.25, 0.3) is 0 Å². The van der Waals surface area contributed by atoms with E-state index in [9.17, 15) is 18.0 Å². The van der Waals surface area contributed by atoms with Crippen LogP contribution in [0.5, 0.6) is 0 Å². The van der Waals surface area contributed by atoms with Gasteiger partial charge in [0.15, 0.2) is 0 Å². The highest BCUT2D eigenvalue weighted by Gasteiger charge is 2.60. The van der Waals surface area contributed by atoms with Crippen molar-refractivity contribution >= 4 is 23.5 Å². The summed E-state index contributed by atoms with van der Waals surface area (Å²) < 4.78 is 42.6. The SMILES string of the molecule is COC(=O)N1CC[C@@]2(SC(F)(F)F)c3ccccc3N[C@@H]12. The average molecular weight is 318 g/mol. The molecule has 3 rings (SSSR count). The molecule has 1 aromatic rings. The van der Waals surface area contributed by atoms with Crippen molar-refractivity contribution in [1.29, 1.82) is 0 Å². The summed E-state index contributed by atoms with van der Waals surface area (Å²) in [4.78, 5) is 13.1.